The third-order valence-electron chi connectivity index (χ3n) is 9.32. The van der Waals surface area contributed by atoms with E-state index in [1.54, 1.807) is 31.3 Å². The Labute approximate surface area is 228 Å². The summed E-state index contributed by atoms with van der Waals surface area (Å²) in [5.41, 5.74) is 4.76. The van der Waals surface area contributed by atoms with Gasteiger partial charge in [-0.2, -0.15) is 0 Å². The number of hydrogen-bond acceptors (Lipinski definition) is 5. The van der Waals surface area contributed by atoms with Gasteiger partial charge in [0.05, 0.1) is 19.6 Å². The van der Waals surface area contributed by atoms with Crippen molar-refractivity contribution in [2.24, 2.45) is 11.3 Å². The zero-order valence-electron chi connectivity index (χ0n) is 22.1. The summed E-state index contributed by atoms with van der Waals surface area (Å²) in [6, 6.07) is 23.9. The van der Waals surface area contributed by atoms with Crippen LogP contribution in [0.5, 0.6) is 11.5 Å². The Balaban J connectivity index is 1.46. The summed E-state index contributed by atoms with van der Waals surface area (Å²) in [7, 11) is 3.24. The van der Waals surface area contributed by atoms with Gasteiger partial charge in [0.1, 0.15) is 11.5 Å². The molecule has 3 aromatic carbocycles. The number of hydrogen-bond donors (Lipinski definition) is 2. The van der Waals surface area contributed by atoms with E-state index in [1.165, 1.54) is 5.56 Å². The Morgan fingerprint density at radius 3 is 2.49 bits per heavy atom. The molecular weight excluding hydrogens is 492 g/mol. The van der Waals surface area contributed by atoms with Crippen molar-refractivity contribution in [1.29, 1.82) is 0 Å². The van der Waals surface area contributed by atoms with Crippen LogP contribution in [0, 0.1) is 11.3 Å². The summed E-state index contributed by atoms with van der Waals surface area (Å²) in [6.45, 7) is 0.634. The zero-order valence-corrected chi connectivity index (χ0v) is 22.1. The normalized spacial score (nSPS) is 26.7. The van der Waals surface area contributed by atoms with E-state index in [9.17, 15) is 14.8 Å². The van der Waals surface area contributed by atoms with Crippen LogP contribution >= 0.6 is 0 Å². The Hall–Kier alpha value is -4.10. The first-order valence-electron chi connectivity index (χ1n) is 13.3. The Bertz CT molecular complexity index is 1450. The van der Waals surface area contributed by atoms with Crippen LogP contribution in [-0.4, -0.2) is 49.2 Å². The van der Waals surface area contributed by atoms with Gasteiger partial charge in [0.15, 0.2) is 0 Å². The van der Waals surface area contributed by atoms with Crippen molar-refractivity contribution in [3.63, 3.8) is 0 Å². The summed E-state index contributed by atoms with van der Waals surface area (Å²) < 4.78 is 10.9. The number of nitrogens with zero attached hydrogens (tertiary/aromatic N) is 1. The summed E-state index contributed by atoms with van der Waals surface area (Å²) in [5.74, 6) is 0.517. The van der Waals surface area contributed by atoms with Crippen molar-refractivity contribution in [2.75, 3.05) is 27.3 Å². The van der Waals surface area contributed by atoms with Gasteiger partial charge in [-0.15, -0.1) is 0 Å². The predicted molar refractivity (Wildman–Crippen MR) is 147 cm³/mol. The van der Waals surface area contributed by atoms with Gasteiger partial charge in [0.25, 0.3) is 5.91 Å². The Kier molecular flexibility index (Phi) is 6.19. The first-order valence-corrected chi connectivity index (χ1v) is 13.3. The number of nitrogens with one attached hydrogen (secondary N) is 1. The molecule has 3 aromatic rings. The number of benzene rings is 3. The lowest BCUT2D eigenvalue weighted by atomic mass is 9.42. The number of para-hydroxylation sites is 1. The number of amides is 2. The summed E-state index contributed by atoms with van der Waals surface area (Å²) >= 11 is 0. The van der Waals surface area contributed by atoms with E-state index in [2.05, 4.69) is 24.3 Å². The standard InChI is InChI=1S/C32H32N2O5/c1-38-23-14-12-22(13-15-23)31-18-17-26(24-8-4-5-9-25(24)31)32(30(36)33-37)20-34(19-28(31)32)29(35)16-11-21-7-3-6-10-27(21)39-2/h3-16,26,28,37H,17-20H2,1-2H3,(H,33,36)/b16-11+/t26-,28-,31-,32-/m0/s1. The van der Waals surface area contributed by atoms with Gasteiger partial charge in [-0.1, -0.05) is 54.6 Å². The molecule has 4 atom stereocenters. The molecule has 1 saturated carbocycles. The molecule has 2 N–H and O–H groups in total. The molecule has 0 radical (unpaired) electrons. The number of ether oxygens (including phenoxy) is 2. The van der Waals surface area contributed by atoms with Crippen molar-refractivity contribution in [1.82, 2.24) is 10.4 Å². The van der Waals surface area contributed by atoms with Crippen LogP contribution in [0.3, 0.4) is 0 Å². The smallest absolute Gasteiger partial charge is 0.252 e. The van der Waals surface area contributed by atoms with E-state index in [-0.39, 0.29) is 24.3 Å². The fourth-order valence-corrected chi connectivity index (χ4v) is 7.71. The number of hydroxylamine groups is 1. The third kappa shape index (κ3) is 3.60. The van der Waals surface area contributed by atoms with Gasteiger partial charge in [0.2, 0.25) is 5.91 Å². The maximum atomic E-state index is 13.7. The minimum Gasteiger partial charge on any atom is -0.497 e. The number of methoxy groups -OCH3 is 2. The molecular formula is C32H32N2O5. The quantitative estimate of drug-likeness (QED) is 0.281. The lowest BCUT2D eigenvalue weighted by molar-refractivity contribution is -0.148. The second kappa shape index (κ2) is 9.58. The lowest BCUT2D eigenvalue weighted by Gasteiger charge is -2.59. The second-order valence-electron chi connectivity index (χ2n) is 10.7. The highest BCUT2D eigenvalue weighted by Crippen LogP contribution is 2.68. The number of likely N-dealkylation sites (tertiary alicyclic amines) is 1. The average molecular weight is 525 g/mol. The monoisotopic (exact) mass is 524 g/mol. The highest BCUT2D eigenvalue weighted by Gasteiger charge is 2.70. The molecule has 0 aromatic heterocycles. The lowest BCUT2D eigenvalue weighted by Crippen LogP contribution is -2.62. The van der Waals surface area contributed by atoms with Crippen molar-refractivity contribution in [2.45, 2.75) is 24.2 Å². The third-order valence-corrected chi connectivity index (χ3v) is 9.32. The molecule has 200 valence electrons. The fourth-order valence-electron chi connectivity index (χ4n) is 7.71. The van der Waals surface area contributed by atoms with E-state index in [0.717, 1.165) is 35.3 Å². The zero-order chi connectivity index (χ0) is 27.2. The molecule has 1 aliphatic heterocycles. The molecule has 7 nitrogen and oxygen atoms in total. The molecule has 4 aliphatic rings. The van der Waals surface area contributed by atoms with Crippen LogP contribution in [0.25, 0.3) is 6.08 Å². The Morgan fingerprint density at radius 1 is 1.00 bits per heavy atom. The maximum Gasteiger partial charge on any atom is 0.252 e. The molecule has 39 heavy (non-hydrogen) atoms. The average Bonchev–Trinajstić information content (AvgIpc) is 3.44. The van der Waals surface area contributed by atoms with Crippen LogP contribution in [0.2, 0.25) is 0 Å². The van der Waals surface area contributed by atoms with Crippen LogP contribution in [0.4, 0.5) is 0 Å². The molecule has 1 heterocycles. The minimum atomic E-state index is -0.963. The SMILES string of the molecule is COc1ccc([C@@]23CC[C@@H](c4ccccc42)[C@@]2(C(=O)NO)CN(C(=O)/C=C/c4ccccc4OC)C[C@@H]32)cc1. The predicted octanol–water partition coefficient (Wildman–Crippen LogP) is 4.54. The highest BCUT2D eigenvalue weighted by molar-refractivity contribution is 5.94. The van der Waals surface area contributed by atoms with Crippen LogP contribution in [-0.2, 0) is 15.0 Å². The van der Waals surface area contributed by atoms with E-state index in [1.807, 2.05) is 54.0 Å². The van der Waals surface area contributed by atoms with Gasteiger partial charge in [-0.05, 0) is 53.8 Å². The molecule has 0 spiro atoms. The van der Waals surface area contributed by atoms with Crippen molar-refractivity contribution in [3.8, 4) is 11.5 Å². The molecule has 7 rings (SSSR count). The summed E-state index contributed by atoms with van der Waals surface area (Å²) in [4.78, 5) is 29.1. The van der Waals surface area contributed by atoms with Crippen molar-refractivity contribution >= 4 is 17.9 Å². The first-order chi connectivity index (χ1) is 19.0. The number of fused-ring (bicyclic) bond motifs is 1. The molecule has 0 unspecified atom stereocenters. The molecule has 2 bridgehead atoms. The van der Waals surface area contributed by atoms with E-state index in [4.69, 9.17) is 9.47 Å². The maximum absolute atomic E-state index is 13.7. The number of carbonyl (C=O) groups excluding carboxylic acids is 2. The Morgan fingerprint density at radius 2 is 1.74 bits per heavy atom. The number of carbonyl (C=O) groups is 2. The fraction of sp³-hybridized carbons (Fsp3) is 0.312. The van der Waals surface area contributed by atoms with Crippen LogP contribution in [0.15, 0.2) is 78.9 Å². The van der Waals surface area contributed by atoms with Gasteiger partial charge in [-0.3, -0.25) is 14.8 Å². The molecule has 2 fully saturated rings. The largest absolute Gasteiger partial charge is 0.497 e. The van der Waals surface area contributed by atoms with Crippen molar-refractivity contribution in [3.05, 3.63) is 101 Å². The van der Waals surface area contributed by atoms with Crippen molar-refractivity contribution < 1.29 is 24.3 Å². The molecule has 7 heteroatoms. The summed E-state index contributed by atoms with van der Waals surface area (Å²) in [6.07, 6.45) is 4.94. The molecule has 3 aliphatic carbocycles. The molecule has 2 amide bonds. The second-order valence-corrected chi connectivity index (χ2v) is 10.7. The molecule has 1 saturated heterocycles. The van der Waals surface area contributed by atoms with Gasteiger partial charge < -0.3 is 14.4 Å². The summed E-state index contributed by atoms with van der Waals surface area (Å²) in [5, 5.41) is 10.0. The topological polar surface area (TPSA) is 88.1 Å². The van der Waals surface area contributed by atoms with Gasteiger partial charge >= 0.3 is 0 Å². The number of rotatable bonds is 6. The van der Waals surface area contributed by atoms with E-state index >= 15 is 0 Å². The first kappa shape index (κ1) is 25.2. The van der Waals surface area contributed by atoms with E-state index < -0.39 is 16.7 Å². The van der Waals surface area contributed by atoms with Gasteiger partial charge in [-0.25, -0.2) is 5.48 Å². The van der Waals surface area contributed by atoms with Crippen LogP contribution < -0.4 is 15.0 Å². The van der Waals surface area contributed by atoms with E-state index in [0.29, 0.717) is 12.3 Å². The van der Waals surface area contributed by atoms with Crippen LogP contribution in [0.1, 0.15) is 41.0 Å². The highest BCUT2D eigenvalue weighted by atomic mass is 16.5. The minimum absolute atomic E-state index is 0.109. The van der Waals surface area contributed by atoms with Gasteiger partial charge in [0, 0.05) is 42.0 Å².